The first kappa shape index (κ1) is 23.1. The van der Waals surface area contributed by atoms with Crippen LogP contribution in [0.15, 0.2) is 30.3 Å². The molecule has 3 aromatic rings. The van der Waals surface area contributed by atoms with Crippen LogP contribution in [0.1, 0.15) is 35.5 Å². The lowest BCUT2D eigenvalue weighted by atomic mass is 9.98. The van der Waals surface area contributed by atoms with Crippen molar-refractivity contribution in [3.8, 4) is 11.8 Å². The SMILES string of the molecule is COc1cc2nc(C)nc(N[C@H](C)c3cccc(C#N)c3C)c2cc1N1CCN(C(=O)O)CC1. The first-order valence-corrected chi connectivity index (χ1v) is 11.2. The molecule has 1 saturated heterocycles. The number of hydrogen-bond donors (Lipinski definition) is 2. The Labute approximate surface area is 198 Å². The van der Waals surface area contributed by atoms with E-state index in [1.807, 2.05) is 51.1 Å². The van der Waals surface area contributed by atoms with Crippen LogP contribution in [0, 0.1) is 25.2 Å². The molecule has 4 rings (SSSR count). The van der Waals surface area contributed by atoms with E-state index in [4.69, 9.17) is 4.74 Å². The van der Waals surface area contributed by atoms with Crippen LogP contribution >= 0.6 is 0 Å². The molecule has 0 bridgehead atoms. The smallest absolute Gasteiger partial charge is 0.407 e. The number of carbonyl (C=O) groups is 1. The zero-order valence-electron chi connectivity index (χ0n) is 19.8. The number of aryl methyl sites for hydroxylation is 1. The molecule has 0 spiro atoms. The van der Waals surface area contributed by atoms with Crippen LogP contribution in [0.4, 0.5) is 16.3 Å². The maximum Gasteiger partial charge on any atom is 0.407 e. The Kier molecular flexibility index (Phi) is 6.41. The number of nitriles is 1. The van der Waals surface area contributed by atoms with E-state index >= 15 is 0 Å². The van der Waals surface area contributed by atoms with Gasteiger partial charge in [-0.05, 0) is 44.0 Å². The number of carboxylic acid groups (broad SMARTS) is 1. The van der Waals surface area contributed by atoms with Crippen LogP contribution in [-0.4, -0.2) is 59.4 Å². The maximum absolute atomic E-state index is 11.3. The summed E-state index contributed by atoms with van der Waals surface area (Å²) in [6, 6.07) is 11.8. The van der Waals surface area contributed by atoms with Gasteiger partial charge in [-0.1, -0.05) is 12.1 Å². The molecule has 9 nitrogen and oxygen atoms in total. The van der Waals surface area contributed by atoms with Gasteiger partial charge < -0.3 is 25.0 Å². The van der Waals surface area contributed by atoms with Gasteiger partial charge in [0.15, 0.2) is 0 Å². The normalized spacial score (nSPS) is 14.6. The summed E-state index contributed by atoms with van der Waals surface area (Å²) >= 11 is 0. The average Bonchev–Trinajstić information content (AvgIpc) is 2.83. The number of piperazine rings is 1. The quantitative estimate of drug-likeness (QED) is 0.585. The molecule has 1 aromatic heterocycles. The van der Waals surface area contributed by atoms with Crippen molar-refractivity contribution in [1.29, 1.82) is 5.26 Å². The predicted molar refractivity (Wildman–Crippen MR) is 131 cm³/mol. The fourth-order valence-electron chi connectivity index (χ4n) is 4.45. The van der Waals surface area contributed by atoms with Crippen LogP contribution in [0.3, 0.4) is 0 Å². The highest BCUT2D eigenvalue weighted by molar-refractivity contribution is 5.94. The van der Waals surface area contributed by atoms with E-state index < -0.39 is 6.09 Å². The molecule has 0 unspecified atom stereocenters. The third-order valence-electron chi connectivity index (χ3n) is 6.31. The molecular weight excluding hydrogens is 432 g/mol. The number of hydrogen-bond acceptors (Lipinski definition) is 7. The summed E-state index contributed by atoms with van der Waals surface area (Å²) in [5.74, 6) is 2.02. The fraction of sp³-hybridized carbons (Fsp3) is 0.360. The van der Waals surface area contributed by atoms with Gasteiger partial charge in [-0.2, -0.15) is 5.26 Å². The van der Waals surface area contributed by atoms with Gasteiger partial charge >= 0.3 is 6.09 Å². The second kappa shape index (κ2) is 9.43. The molecule has 176 valence electrons. The predicted octanol–water partition coefficient (Wildman–Crippen LogP) is 4.10. The van der Waals surface area contributed by atoms with Gasteiger partial charge in [0.2, 0.25) is 0 Å². The van der Waals surface area contributed by atoms with Crippen molar-refractivity contribution in [2.45, 2.75) is 26.8 Å². The Morgan fingerprint density at radius 2 is 1.94 bits per heavy atom. The number of nitrogens with one attached hydrogen (secondary N) is 1. The largest absolute Gasteiger partial charge is 0.495 e. The van der Waals surface area contributed by atoms with Gasteiger partial charge in [0.25, 0.3) is 0 Å². The molecule has 0 saturated carbocycles. The van der Waals surface area contributed by atoms with Crippen LogP contribution in [0.25, 0.3) is 10.9 Å². The van der Waals surface area contributed by atoms with E-state index in [0.717, 1.165) is 27.7 Å². The van der Waals surface area contributed by atoms with Gasteiger partial charge in [-0.15, -0.1) is 0 Å². The number of anilines is 2. The van der Waals surface area contributed by atoms with E-state index in [0.29, 0.717) is 49.1 Å². The van der Waals surface area contributed by atoms with E-state index in [1.54, 1.807) is 7.11 Å². The molecule has 1 aliphatic heterocycles. The van der Waals surface area contributed by atoms with Gasteiger partial charge in [0, 0.05) is 37.6 Å². The number of ether oxygens (including phenoxy) is 1. The van der Waals surface area contributed by atoms with Crippen LogP contribution in [0.5, 0.6) is 5.75 Å². The minimum absolute atomic E-state index is 0.0875. The second-order valence-electron chi connectivity index (χ2n) is 8.41. The van der Waals surface area contributed by atoms with E-state index in [9.17, 15) is 15.2 Å². The monoisotopic (exact) mass is 460 g/mol. The topological polar surface area (TPSA) is 115 Å². The highest BCUT2D eigenvalue weighted by Gasteiger charge is 2.24. The number of nitrogens with zero attached hydrogens (tertiary/aromatic N) is 5. The van der Waals surface area contributed by atoms with Crippen molar-refractivity contribution in [3.63, 3.8) is 0 Å². The summed E-state index contributed by atoms with van der Waals surface area (Å²) in [6.07, 6.45) is -0.898. The van der Waals surface area contributed by atoms with Crippen molar-refractivity contribution < 1.29 is 14.6 Å². The number of amides is 1. The van der Waals surface area contributed by atoms with Crippen LogP contribution < -0.4 is 15.0 Å². The Bertz CT molecular complexity index is 1280. The van der Waals surface area contributed by atoms with Crippen molar-refractivity contribution in [2.24, 2.45) is 0 Å². The summed E-state index contributed by atoms with van der Waals surface area (Å²) in [5.41, 5.74) is 4.27. The van der Waals surface area contributed by atoms with Gasteiger partial charge in [-0.3, -0.25) is 0 Å². The Hall–Kier alpha value is -4.06. The lowest BCUT2D eigenvalue weighted by molar-refractivity contribution is 0.142. The first-order chi connectivity index (χ1) is 16.3. The average molecular weight is 461 g/mol. The summed E-state index contributed by atoms with van der Waals surface area (Å²) in [5, 5.41) is 23.0. The first-order valence-electron chi connectivity index (χ1n) is 11.2. The highest BCUT2D eigenvalue weighted by Crippen LogP contribution is 2.36. The number of fused-ring (bicyclic) bond motifs is 1. The number of aromatic nitrogens is 2. The number of benzene rings is 2. The van der Waals surface area contributed by atoms with E-state index in [2.05, 4.69) is 26.3 Å². The highest BCUT2D eigenvalue weighted by atomic mass is 16.5. The summed E-state index contributed by atoms with van der Waals surface area (Å²) < 4.78 is 5.67. The summed E-state index contributed by atoms with van der Waals surface area (Å²) in [4.78, 5) is 24.1. The molecule has 1 aliphatic rings. The molecule has 0 aliphatic carbocycles. The lowest BCUT2D eigenvalue weighted by Gasteiger charge is -2.35. The second-order valence-corrected chi connectivity index (χ2v) is 8.41. The molecular formula is C25H28N6O3. The van der Waals surface area contributed by atoms with Gasteiger partial charge in [0.1, 0.15) is 17.4 Å². The van der Waals surface area contributed by atoms with Crippen LogP contribution in [-0.2, 0) is 0 Å². The van der Waals surface area contributed by atoms with Gasteiger partial charge in [-0.25, -0.2) is 14.8 Å². The number of rotatable bonds is 5. The molecule has 1 atom stereocenters. The Morgan fingerprint density at radius 1 is 1.21 bits per heavy atom. The third kappa shape index (κ3) is 4.39. The van der Waals surface area contributed by atoms with Crippen LogP contribution in [0.2, 0.25) is 0 Å². The molecule has 2 heterocycles. The molecule has 2 aromatic carbocycles. The fourth-order valence-corrected chi connectivity index (χ4v) is 4.45. The third-order valence-corrected chi connectivity index (χ3v) is 6.31. The van der Waals surface area contributed by atoms with Crippen molar-refractivity contribution in [3.05, 3.63) is 52.8 Å². The van der Waals surface area contributed by atoms with E-state index in [1.165, 1.54) is 4.90 Å². The minimum atomic E-state index is -0.898. The van der Waals surface area contributed by atoms with Crippen molar-refractivity contribution in [2.75, 3.05) is 43.5 Å². The molecule has 1 fully saturated rings. The minimum Gasteiger partial charge on any atom is -0.495 e. The molecule has 1 amide bonds. The zero-order chi connectivity index (χ0) is 24.4. The molecule has 9 heteroatoms. The van der Waals surface area contributed by atoms with Crippen molar-refractivity contribution in [1.82, 2.24) is 14.9 Å². The lowest BCUT2D eigenvalue weighted by Crippen LogP contribution is -2.48. The van der Waals surface area contributed by atoms with E-state index in [-0.39, 0.29) is 6.04 Å². The van der Waals surface area contributed by atoms with Gasteiger partial charge in [0.05, 0.1) is 36.0 Å². The molecule has 0 radical (unpaired) electrons. The summed E-state index contributed by atoms with van der Waals surface area (Å²) in [6.45, 7) is 7.84. The van der Waals surface area contributed by atoms with Crippen molar-refractivity contribution >= 4 is 28.5 Å². The molecule has 34 heavy (non-hydrogen) atoms. The molecule has 2 N–H and O–H groups in total. The zero-order valence-corrected chi connectivity index (χ0v) is 19.8. The Balaban J connectivity index is 1.72. The Morgan fingerprint density at radius 3 is 2.59 bits per heavy atom. The maximum atomic E-state index is 11.3. The standard InChI is InChI=1S/C25H28N6O3/c1-15-18(14-26)6-5-7-19(15)16(2)27-24-20-12-22(30-8-10-31(11-9-30)25(32)33)23(34-4)13-21(20)28-17(3)29-24/h5-7,12-13,16H,8-11H2,1-4H3,(H,32,33)(H,27,28,29)/t16-/m1/s1. The number of methoxy groups -OCH3 is 1. The summed E-state index contributed by atoms with van der Waals surface area (Å²) in [7, 11) is 1.62.